The molecule has 4 nitrogen and oxygen atoms in total. The van der Waals surface area contributed by atoms with E-state index in [4.69, 9.17) is 9.47 Å². The summed E-state index contributed by atoms with van der Waals surface area (Å²) >= 11 is 0. The van der Waals surface area contributed by atoms with E-state index >= 15 is 0 Å². The van der Waals surface area contributed by atoms with Crippen molar-refractivity contribution in [2.75, 3.05) is 40.4 Å². The van der Waals surface area contributed by atoms with Crippen molar-refractivity contribution < 1.29 is 19.3 Å². The zero-order chi connectivity index (χ0) is 16.9. The fraction of sp³-hybridized carbons (Fsp3) is 0.700. The highest BCUT2D eigenvalue weighted by Crippen LogP contribution is 2.27. The van der Waals surface area contributed by atoms with Crippen LogP contribution in [0.5, 0.6) is 11.5 Å². The first-order valence-electron chi connectivity index (χ1n) is 9.58. The van der Waals surface area contributed by atoms with E-state index in [2.05, 4.69) is 19.1 Å². The normalized spacial score (nSPS) is 30.8. The van der Waals surface area contributed by atoms with Crippen LogP contribution in [-0.4, -0.2) is 46.4 Å². The topological polar surface area (TPSA) is 27.3 Å². The first-order valence-corrected chi connectivity index (χ1v) is 9.58. The minimum Gasteiger partial charge on any atom is -0.493 e. The summed E-state index contributed by atoms with van der Waals surface area (Å²) in [5.74, 6) is 2.62. The average molecular weight is 335 g/mol. The molecule has 3 rings (SSSR count). The summed E-state index contributed by atoms with van der Waals surface area (Å²) in [6.45, 7) is 8.75. The van der Waals surface area contributed by atoms with Gasteiger partial charge in [-0.25, -0.2) is 0 Å². The molecule has 0 bridgehead atoms. The Morgan fingerprint density at radius 3 is 2.21 bits per heavy atom. The summed E-state index contributed by atoms with van der Waals surface area (Å²) in [5.41, 5.74) is 1.34. The zero-order valence-corrected chi connectivity index (χ0v) is 15.6. The molecular formula is C20H34N2O2+2. The Morgan fingerprint density at radius 2 is 1.58 bits per heavy atom. The van der Waals surface area contributed by atoms with Crippen molar-refractivity contribution in [2.24, 2.45) is 5.92 Å². The molecule has 1 saturated heterocycles. The van der Waals surface area contributed by atoms with Gasteiger partial charge in [0.25, 0.3) is 0 Å². The molecule has 24 heavy (non-hydrogen) atoms. The van der Waals surface area contributed by atoms with Gasteiger partial charge in [0, 0.05) is 5.56 Å². The van der Waals surface area contributed by atoms with Gasteiger partial charge in [-0.3, -0.25) is 0 Å². The highest BCUT2D eigenvalue weighted by atomic mass is 16.5. The molecule has 4 heteroatoms. The summed E-state index contributed by atoms with van der Waals surface area (Å²) in [5, 5.41) is 0. The van der Waals surface area contributed by atoms with E-state index in [0.717, 1.165) is 30.0 Å². The molecule has 0 aromatic heterocycles. The summed E-state index contributed by atoms with van der Waals surface area (Å²) in [7, 11) is 3.40. The van der Waals surface area contributed by atoms with Gasteiger partial charge in [-0.2, -0.15) is 0 Å². The van der Waals surface area contributed by atoms with Gasteiger partial charge in [0.1, 0.15) is 32.7 Å². The molecule has 1 heterocycles. The molecule has 0 amide bonds. The summed E-state index contributed by atoms with van der Waals surface area (Å²) in [6, 6.07) is 7.27. The average Bonchev–Trinajstić information content (AvgIpc) is 2.63. The number of benzene rings is 1. The van der Waals surface area contributed by atoms with Crippen LogP contribution in [0.25, 0.3) is 0 Å². The maximum absolute atomic E-state index is 5.43. The maximum Gasteiger partial charge on any atom is 0.161 e. The van der Waals surface area contributed by atoms with Crippen molar-refractivity contribution in [1.29, 1.82) is 0 Å². The van der Waals surface area contributed by atoms with Crippen LogP contribution >= 0.6 is 0 Å². The van der Waals surface area contributed by atoms with Crippen LogP contribution < -0.4 is 19.3 Å². The van der Waals surface area contributed by atoms with Gasteiger partial charge in [0.2, 0.25) is 0 Å². The summed E-state index contributed by atoms with van der Waals surface area (Å²) in [6.07, 6.45) is 5.77. The van der Waals surface area contributed by atoms with Gasteiger partial charge < -0.3 is 19.3 Å². The predicted octanol–water partition coefficient (Wildman–Crippen LogP) is 0.566. The Morgan fingerprint density at radius 1 is 0.917 bits per heavy atom. The molecule has 0 unspecified atom stereocenters. The molecule has 0 spiro atoms. The Bertz CT molecular complexity index is 518. The lowest BCUT2D eigenvalue weighted by Crippen LogP contribution is -3.29. The van der Waals surface area contributed by atoms with Gasteiger partial charge in [0.05, 0.1) is 20.3 Å². The molecular weight excluding hydrogens is 300 g/mol. The maximum atomic E-state index is 5.43. The van der Waals surface area contributed by atoms with Crippen LogP contribution in [-0.2, 0) is 6.54 Å². The number of hydrogen-bond acceptors (Lipinski definition) is 2. The van der Waals surface area contributed by atoms with Crippen molar-refractivity contribution in [1.82, 2.24) is 0 Å². The van der Waals surface area contributed by atoms with Gasteiger partial charge in [-0.1, -0.05) is 6.92 Å². The molecule has 1 aliphatic heterocycles. The van der Waals surface area contributed by atoms with E-state index < -0.39 is 0 Å². The Hall–Kier alpha value is -1.26. The van der Waals surface area contributed by atoms with Crippen LogP contribution in [0, 0.1) is 5.92 Å². The smallest absolute Gasteiger partial charge is 0.161 e. The van der Waals surface area contributed by atoms with Gasteiger partial charge in [0.15, 0.2) is 11.5 Å². The third-order valence-electron chi connectivity index (χ3n) is 6.09. The third kappa shape index (κ3) is 4.22. The van der Waals surface area contributed by atoms with Crippen molar-refractivity contribution >= 4 is 0 Å². The van der Waals surface area contributed by atoms with Gasteiger partial charge in [-0.15, -0.1) is 0 Å². The molecule has 1 aromatic carbocycles. The van der Waals surface area contributed by atoms with Crippen LogP contribution in [0.2, 0.25) is 0 Å². The Labute approximate surface area is 146 Å². The number of quaternary nitrogens is 2. The number of methoxy groups -OCH3 is 2. The van der Waals surface area contributed by atoms with Gasteiger partial charge in [-0.05, 0) is 49.8 Å². The number of nitrogens with one attached hydrogen (secondary N) is 2. The van der Waals surface area contributed by atoms with Crippen molar-refractivity contribution in [3.8, 4) is 11.5 Å². The van der Waals surface area contributed by atoms with Crippen LogP contribution in [0.4, 0.5) is 0 Å². The monoisotopic (exact) mass is 334 g/mol. The molecule has 1 aromatic rings. The molecule has 2 fully saturated rings. The van der Waals surface area contributed by atoms with E-state index in [1.165, 1.54) is 57.4 Å². The van der Waals surface area contributed by atoms with E-state index in [-0.39, 0.29) is 0 Å². The number of hydrogen-bond donors (Lipinski definition) is 2. The number of piperazine rings is 1. The standard InChI is InChI=1S/C20H32N2O2/c1-16-4-7-18(8-5-16)22-12-10-21(11-13-22)15-17-6-9-19(23-2)20(14-17)24-3/h6,9,14,16,18H,4-5,7-8,10-13,15H2,1-3H3/p+2. The fourth-order valence-electron chi connectivity index (χ4n) is 4.46. The minimum atomic E-state index is 0.817. The van der Waals surface area contributed by atoms with Crippen molar-refractivity contribution in [3.05, 3.63) is 23.8 Å². The third-order valence-corrected chi connectivity index (χ3v) is 6.09. The van der Waals surface area contributed by atoms with E-state index in [0.29, 0.717) is 0 Å². The predicted molar refractivity (Wildman–Crippen MR) is 96.1 cm³/mol. The summed E-state index contributed by atoms with van der Waals surface area (Å²) < 4.78 is 10.8. The second-order valence-electron chi connectivity index (χ2n) is 7.73. The second kappa shape index (κ2) is 8.21. The highest BCUT2D eigenvalue weighted by molar-refractivity contribution is 5.42. The molecule has 2 N–H and O–H groups in total. The largest absolute Gasteiger partial charge is 0.493 e. The highest BCUT2D eigenvalue weighted by Gasteiger charge is 2.31. The van der Waals surface area contributed by atoms with Crippen molar-refractivity contribution in [3.63, 3.8) is 0 Å². The zero-order valence-electron chi connectivity index (χ0n) is 15.6. The van der Waals surface area contributed by atoms with Gasteiger partial charge >= 0.3 is 0 Å². The Balaban J connectivity index is 1.50. The molecule has 1 aliphatic carbocycles. The first-order chi connectivity index (χ1) is 11.7. The Kier molecular flexibility index (Phi) is 6.01. The SMILES string of the molecule is COc1ccc(C[NH+]2CC[NH+](C3CCC(C)CC3)CC2)cc1OC. The van der Waals surface area contributed by atoms with E-state index in [1.54, 1.807) is 19.1 Å². The lowest BCUT2D eigenvalue weighted by molar-refractivity contribution is -1.03. The van der Waals surface area contributed by atoms with Crippen LogP contribution in [0.3, 0.4) is 0 Å². The number of rotatable bonds is 5. The molecule has 134 valence electrons. The molecule has 0 atom stereocenters. The molecule has 0 radical (unpaired) electrons. The second-order valence-corrected chi connectivity index (χ2v) is 7.73. The van der Waals surface area contributed by atoms with Crippen LogP contribution in [0.15, 0.2) is 18.2 Å². The summed E-state index contributed by atoms with van der Waals surface area (Å²) in [4.78, 5) is 3.58. The van der Waals surface area contributed by atoms with Crippen molar-refractivity contribution in [2.45, 2.75) is 45.2 Å². The van der Waals surface area contributed by atoms with Crippen LogP contribution in [0.1, 0.15) is 38.2 Å². The molecule has 1 saturated carbocycles. The minimum absolute atomic E-state index is 0.817. The lowest BCUT2D eigenvalue weighted by Gasteiger charge is -2.37. The van der Waals surface area contributed by atoms with E-state index in [9.17, 15) is 0 Å². The lowest BCUT2D eigenvalue weighted by atomic mass is 9.86. The fourth-order valence-corrected chi connectivity index (χ4v) is 4.46. The number of ether oxygens (including phenoxy) is 2. The quantitative estimate of drug-likeness (QED) is 0.824. The molecule has 2 aliphatic rings. The van der Waals surface area contributed by atoms with E-state index in [1.807, 2.05) is 11.0 Å². The first kappa shape index (κ1) is 17.6.